The van der Waals surface area contributed by atoms with Crippen LogP contribution in [0.4, 0.5) is 23.0 Å². The van der Waals surface area contributed by atoms with Crippen molar-refractivity contribution in [3.63, 3.8) is 0 Å². The quantitative estimate of drug-likeness (QED) is 0.104. The molecular weight excluding hydrogens is 787 g/mol. The monoisotopic (exact) mass is 831 g/mol. The third-order valence-electron chi connectivity index (χ3n) is 11.8. The first-order chi connectivity index (χ1) is 30.2. The van der Waals surface area contributed by atoms with Crippen LogP contribution in [0.1, 0.15) is 49.7 Å². The van der Waals surface area contributed by atoms with Gasteiger partial charge in [0.05, 0.1) is 48.3 Å². The highest BCUT2D eigenvalue weighted by molar-refractivity contribution is 6.06. The third-order valence-corrected chi connectivity index (χ3v) is 11.8. The van der Waals surface area contributed by atoms with Crippen LogP contribution in [-0.2, 0) is 4.74 Å². The highest BCUT2D eigenvalue weighted by Crippen LogP contribution is 2.36. The molecule has 2 amide bonds. The number of fused-ring (bicyclic) bond motifs is 2. The molecule has 18 nitrogen and oxygen atoms in total. The first-order valence-corrected chi connectivity index (χ1v) is 20.6. The van der Waals surface area contributed by atoms with Crippen LogP contribution in [0.15, 0.2) is 73.3 Å². The van der Waals surface area contributed by atoms with E-state index in [-0.39, 0.29) is 11.8 Å². The number of piperazine rings is 1. The van der Waals surface area contributed by atoms with Crippen LogP contribution in [0, 0.1) is 27.7 Å². The predicted octanol–water partition coefficient (Wildman–Crippen LogP) is 5.67. The number of carbonyl (C=O) groups excluding carboxylic acids is 2. The maximum Gasteiger partial charge on any atom is 0.276 e. The van der Waals surface area contributed by atoms with Gasteiger partial charge in [-0.15, -0.1) is 0 Å². The fourth-order valence-corrected chi connectivity index (χ4v) is 8.10. The summed E-state index contributed by atoms with van der Waals surface area (Å²) >= 11 is 0. The molecule has 0 spiro atoms. The van der Waals surface area contributed by atoms with Crippen molar-refractivity contribution in [1.29, 1.82) is 0 Å². The first kappa shape index (κ1) is 38.7. The molecule has 0 bridgehead atoms. The van der Waals surface area contributed by atoms with Gasteiger partial charge < -0.3 is 40.0 Å². The number of aromatic amines is 3. The molecule has 1 atom stereocenters. The standard InChI is InChI=1S/C44H45N15O3/c1-24-26(3)53-55-39(24)43(60)49-28-17-30-32(21-47-41(30)46-19-28)34-7-5-10-37(51-34)58-15-16-62-38(23-58)59-22-33(35-8-6-9-36(52-35)57-13-11-45-12-14-57)31-18-29(20-48-42(31)59)50-44(61)40-25(2)27(4)54-56-40/h5-10,17-22,38,45H,11-16,23H2,1-4H3,(H,46,47)(H,49,60)(H,50,61)(H,53,55)(H,54,56). The molecule has 2 aliphatic heterocycles. The molecule has 8 aromatic rings. The zero-order chi connectivity index (χ0) is 42.5. The van der Waals surface area contributed by atoms with Gasteiger partial charge >= 0.3 is 0 Å². The molecule has 6 N–H and O–H groups in total. The SMILES string of the molecule is Cc1[nH]nc(C(=O)Nc2cnc3[nH]cc(-c4cccc(N5CCOC(n6cc(-c7cccc(N8CCNCC8)n7)c7cc(NC(=O)c8n[nH]c(C)c8C)cnc76)C5)n4)c3c2)c1C. The number of carbonyl (C=O) groups is 2. The van der Waals surface area contributed by atoms with Crippen LogP contribution in [-0.4, -0.2) is 108 Å². The van der Waals surface area contributed by atoms with Crippen LogP contribution >= 0.6 is 0 Å². The molecule has 8 aromatic heterocycles. The highest BCUT2D eigenvalue weighted by atomic mass is 16.5. The van der Waals surface area contributed by atoms with E-state index < -0.39 is 6.23 Å². The zero-order valence-corrected chi connectivity index (χ0v) is 34.7. The minimum Gasteiger partial charge on any atom is -0.354 e. The predicted molar refractivity (Wildman–Crippen MR) is 237 cm³/mol. The number of hydrogen-bond acceptors (Lipinski definition) is 12. The molecule has 0 aromatic carbocycles. The molecule has 1 unspecified atom stereocenters. The Morgan fingerprint density at radius 2 is 1.35 bits per heavy atom. The summed E-state index contributed by atoms with van der Waals surface area (Å²) in [5.74, 6) is 1.06. The highest BCUT2D eigenvalue weighted by Gasteiger charge is 2.28. The Hall–Kier alpha value is -7.44. The lowest BCUT2D eigenvalue weighted by Crippen LogP contribution is -2.43. The number of pyridine rings is 4. The van der Waals surface area contributed by atoms with E-state index in [1.807, 2.05) is 82.4 Å². The Labute approximate surface area is 355 Å². The van der Waals surface area contributed by atoms with Gasteiger partial charge in [0.2, 0.25) is 0 Å². The molecule has 18 heteroatoms. The lowest BCUT2D eigenvalue weighted by Gasteiger charge is -2.34. The number of aryl methyl sites for hydroxylation is 2. The van der Waals surface area contributed by atoms with Crippen LogP contribution in [0.25, 0.3) is 44.6 Å². The number of nitrogens with zero attached hydrogens (tertiary/aromatic N) is 9. The second-order valence-electron chi connectivity index (χ2n) is 15.7. The van der Waals surface area contributed by atoms with Gasteiger partial charge in [-0.1, -0.05) is 12.1 Å². The lowest BCUT2D eigenvalue weighted by atomic mass is 10.1. The largest absolute Gasteiger partial charge is 0.354 e. The number of anilines is 4. The van der Waals surface area contributed by atoms with E-state index in [1.54, 1.807) is 12.4 Å². The van der Waals surface area contributed by atoms with Crippen molar-refractivity contribution in [2.24, 2.45) is 0 Å². The zero-order valence-electron chi connectivity index (χ0n) is 34.7. The van der Waals surface area contributed by atoms with Crippen molar-refractivity contribution in [1.82, 2.24) is 55.2 Å². The summed E-state index contributed by atoms with van der Waals surface area (Å²) in [6.07, 6.45) is 6.80. The lowest BCUT2D eigenvalue weighted by molar-refractivity contribution is -0.00608. The van der Waals surface area contributed by atoms with Crippen molar-refractivity contribution in [3.05, 3.63) is 107 Å². The van der Waals surface area contributed by atoms with E-state index in [2.05, 4.69) is 66.9 Å². The Kier molecular flexibility index (Phi) is 9.92. The molecule has 2 aliphatic rings. The van der Waals surface area contributed by atoms with Crippen molar-refractivity contribution in [2.75, 3.05) is 66.3 Å². The van der Waals surface area contributed by atoms with E-state index in [0.717, 1.165) is 93.6 Å². The average Bonchev–Trinajstić information content (AvgIpc) is 4.08. The molecule has 0 radical (unpaired) electrons. The number of nitrogens with one attached hydrogen (secondary N) is 6. The normalized spacial score (nSPS) is 15.7. The summed E-state index contributed by atoms with van der Waals surface area (Å²) in [7, 11) is 0. The van der Waals surface area contributed by atoms with Gasteiger partial charge in [-0.25, -0.2) is 19.9 Å². The fourth-order valence-electron chi connectivity index (χ4n) is 8.10. The molecule has 2 saturated heterocycles. The number of morpholine rings is 1. The van der Waals surface area contributed by atoms with E-state index in [4.69, 9.17) is 19.7 Å². The molecular formula is C44H45N15O3. The maximum absolute atomic E-state index is 13.4. The number of rotatable bonds is 9. The summed E-state index contributed by atoms with van der Waals surface area (Å²) < 4.78 is 8.54. The molecule has 0 aliphatic carbocycles. The van der Waals surface area contributed by atoms with Crippen molar-refractivity contribution in [3.8, 4) is 22.5 Å². The summed E-state index contributed by atoms with van der Waals surface area (Å²) in [4.78, 5) is 54.0. The van der Waals surface area contributed by atoms with Gasteiger partial charge in [0, 0.05) is 89.5 Å². The van der Waals surface area contributed by atoms with Gasteiger partial charge in [0.25, 0.3) is 11.8 Å². The minimum absolute atomic E-state index is 0.313. The first-order valence-electron chi connectivity index (χ1n) is 20.6. The van der Waals surface area contributed by atoms with Gasteiger partial charge in [-0.3, -0.25) is 19.8 Å². The van der Waals surface area contributed by atoms with E-state index in [0.29, 0.717) is 53.8 Å². The summed E-state index contributed by atoms with van der Waals surface area (Å²) in [5, 5.41) is 25.2. The number of ether oxygens (including phenoxy) is 1. The molecule has 0 saturated carbocycles. The number of hydrogen-bond donors (Lipinski definition) is 6. The molecule has 2 fully saturated rings. The smallest absolute Gasteiger partial charge is 0.276 e. The average molecular weight is 832 g/mol. The van der Waals surface area contributed by atoms with E-state index in [9.17, 15) is 9.59 Å². The van der Waals surface area contributed by atoms with Crippen LogP contribution < -0.4 is 25.8 Å². The van der Waals surface area contributed by atoms with Gasteiger partial charge in [0.1, 0.15) is 22.9 Å². The van der Waals surface area contributed by atoms with Crippen LogP contribution in [0.3, 0.4) is 0 Å². The fraction of sp³-hybridized carbons (Fsp3) is 0.273. The Balaban J connectivity index is 0.953. The second-order valence-corrected chi connectivity index (χ2v) is 15.7. The second kappa shape index (κ2) is 15.9. The molecule has 314 valence electrons. The minimum atomic E-state index is -0.421. The van der Waals surface area contributed by atoms with E-state index >= 15 is 0 Å². The van der Waals surface area contributed by atoms with Gasteiger partial charge in [-0.05, 0) is 64.1 Å². The van der Waals surface area contributed by atoms with Crippen molar-refractivity contribution >= 4 is 56.9 Å². The maximum atomic E-state index is 13.4. The number of amides is 2. The third kappa shape index (κ3) is 7.17. The van der Waals surface area contributed by atoms with Crippen molar-refractivity contribution < 1.29 is 14.3 Å². The number of H-pyrrole nitrogens is 3. The number of aromatic nitrogens is 10. The Morgan fingerprint density at radius 3 is 2.00 bits per heavy atom. The van der Waals surface area contributed by atoms with Gasteiger partial charge in [-0.2, -0.15) is 10.2 Å². The topological polar surface area (TPSA) is 216 Å². The van der Waals surface area contributed by atoms with Crippen LogP contribution in [0.5, 0.6) is 0 Å². The Morgan fingerprint density at radius 1 is 0.742 bits per heavy atom. The summed E-state index contributed by atoms with van der Waals surface area (Å²) in [6.45, 7) is 12.6. The van der Waals surface area contributed by atoms with Crippen molar-refractivity contribution in [2.45, 2.75) is 33.9 Å². The molecule has 10 heterocycles. The van der Waals surface area contributed by atoms with Gasteiger partial charge in [0.15, 0.2) is 17.6 Å². The molecule has 62 heavy (non-hydrogen) atoms. The Bertz CT molecular complexity index is 2990. The van der Waals surface area contributed by atoms with E-state index in [1.165, 1.54) is 0 Å². The summed E-state index contributed by atoms with van der Waals surface area (Å²) in [5.41, 5.74) is 9.66. The summed E-state index contributed by atoms with van der Waals surface area (Å²) in [6, 6.07) is 15.9. The molecule has 10 rings (SSSR count). The van der Waals surface area contributed by atoms with Crippen LogP contribution in [0.2, 0.25) is 0 Å².